The Labute approximate surface area is 189 Å². The number of halogens is 1. The quantitative estimate of drug-likeness (QED) is 0.616. The molecule has 1 aliphatic heterocycles. The number of hydrogen-bond donors (Lipinski definition) is 1. The lowest BCUT2D eigenvalue weighted by atomic mass is 10.1. The molecule has 166 valence electrons. The van der Waals surface area contributed by atoms with Gasteiger partial charge in [0, 0.05) is 18.2 Å². The Morgan fingerprint density at radius 1 is 1.22 bits per heavy atom. The van der Waals surface area contributed by atoms with Gasteiger partial charge in [-0.1, -0.05) is 41.4 Å². The average molecular weight is 455 g/mol. The number of nitrogens with one attached hydrogen (secondary N) is 1. The highest BCUT2D eigenvalue weighted by Crippen LogP contribution is 2.12. The van der Waals surface area contributed by atoms with Crippen molar-refractivity contribution in [3.05, 3.63) is 91.2 Å². The van der Waals surface area contributed by atoms with E-state index in [1.807, 2.05) is 31.2 Å². The van der Waals surface area contributed by atoms with Crippen LogP contribution < -0.4 is 16.6 Å². The molecule has 2 aromatic carbocycles. The van der Waals surface area contributed by atoms with Crippen molar-refractivity contribution >= 4 is 17.5 Å². The maximum absolute atomic E-state index is 13.2. The van der Waals surface area contributed by atoms with Crippen molar-refractivity contribution < 1.29 is 9.53 Å². The lowest BCUT2D eigenvalue weighted by Crippen LogP contribution is -2.46. The largest absolute Gasteiger partial charge is 0.376 e. The summed E-state index contributed by atoms with van der Waals surface area (Å²) in [4.78, 5) is 39.2. The second-order valence-electron chi connectivity index (χ2n) is 7.74. The summed E-state index contributed by atoms with van der Waals surface area (Å²) in [7, 11) is 0. The fraction of sp³-hybridized carbons (Fsp3) is 0.304. The third-order valence-electron chi connectivity index (χ3n) is 5.28. The molecule has 1 aliphatic rings. The van der Waals surface area contributed by atoms with Gasteiger partial charge in [-0.25, -0.2) is 4.79 Å². The maximum Gasteiger partial charge on any atom is 0.352 e. The Morgan fingerprint density at radius 3 is 2.69 bits per heavy atom. The lowest BCUT2D eigenvalue weighted by Gasteiger charge is -2.14. The van der Waals surface area contributed by atoms with E-state index in [9.17, 15) is 14.4 Å². The number of nitrogens with zero attached hydrogens (tertiary/aromatic N) is 3. The Bertz CT molecular complexity index is 1240. The molecule has 0 saturated carbocycles. The molecule has 0 unspecified atom stereocenters. The van der Waals surface area contributed by atoms with Crippen LogP contribution in [0.4, 0.5) is 0 Å². The molecule has 1 amide bonds. The molecule has 0 aliphatic carbocycles. The van der Waals surface area contributed by atoms with Crippen molar-refractivity contribution in [3.8, 4) is 5.69 Å². The lowest BCUT2D eigenvalue weighted by molar-refractivity contribution is 0.0849. The molecule has 9 heteroatoms. The van der Waals surface area contributed by atoms with E-state index in [0.29, 0.717) is 17.3 Å². The first-order valence-electron chi connectivity index (χ1n) is 10.4. The topological polar surface area (TPSA) is 95.2 Å². The molecule has 3 aromatic rings. The molecule has 8 nitrogen and oxygen atoms in total. The molecule has 1 fully saturated rings. The summed E-state index contributed by atoms with van der Waals surface area (Å²) < 4.78 is 7.60. The number of aromatic nitrogens is 3. The highest BCUT2D eigenvalue weighted by Gasteiger charge is 2.22. The monoisotopic (exact) mass is 454 g/mol. The third kappa shape index (κ3) is 4.81. The first-order chi connectivity index (χ1) is 15.4. The van der Waals surface area contributed by atoms with Gasteiger partial charge < -0.3 is 10.1 Å². The second-order valence-corrected chi connectivity index (χ2v) is 8.18. The molecule has 4 rings (SSSR count). The van der Waals surface area contributed by atoms with Crippen LogP contribution in [0.5, 0.6) is 0 Å². The summed E-state index contributed by atoms with van der Waals surface area (Å²) in [6.07, 6.45) is 1.69. The summed E-state index contributed by atoms with van der Waals surface area (Å²) in [5.74, 6) is -0.647. The number of amides is 1. The van der Waals surface area contributed by atoms with Crippen molar-refractivity contribution in [2.24, 2.45) is 0 Å². The van der Waals surface area contributed by atoms with Gasteiger partial charge in [0.1, 0.15) is 0 Å². The van der Waals surface area contributed by atoms with Crippen molar-refractivity contribution in [3.63, 3.8) is 0 Å². The van der Waals surface area contributed by atoms with Crippen LogP contribution in [0.15, 0.2) is 58.1 Å². The summed E-state index contributed by atoms with van der Waals surface area (Å²) >= 11 is 5.96. The van der Waals surface area contributed by atoms with E-state index in [2.05, 4.69) is 10.4 Å². The normalized spacial score (nSPS) is 15.6. The van der Waals surface area contributed by atoms with Crippen molar-refractivity contribution in [2.75, 3.05) is 13.2 Å². The van der Waals surface area contributed by atoms with Gasteiger partial charge in [0.2, 0.25) is 5.69 Å². The van der Waals surface area contributed by atoms with Gasteiger partial charge in [0.05, 0.1) is 18.3 Å². The number of carbonyl (C=O) groups excluding carboxylic acids is 1. The number of aryl methyl sites for hydroxylation is 1. The SMILES string of the molecule is Cc1cccc(Cn2c(=O)c(C(=O)NC[C@@H]3CCCO3)nn(-c3ccc(Cl)cc3)c2=O)c1. The minimum absolute atomic E-state index is 0.0153. The summed E-state index contributed by atoms with van der Waals surface area (Å²) in [5, 5.41) is 7.31. The Morgan fingerprint density at radius 2 is 2.00 bits per heavy atom. The van der Waals surface area contributed by atoms with Crippen LogP contribution in [0.1, 0.15) is 34.5 Å². The summed E-state index contributed by atoms with van der Waals surface area (Å²) in [5.41, 5.74) is 0.415. The average Bonchev–Trinajstić information content (AvgIpc) is 3.30. The van der Waals surface area contributed by atoms with E-state index in [1.165, 1.54) is 0 Å². The van der Waals surface area contributed by atoms with Crippen LogP contribution in [0.2, 0.25) is 5.02 Å². The van der Waals surface area contributed by atoms with Crippen molar-refractivity contribution in [1.29, 1.82) is 0 Å². The number of ether oxygens (including phenoxy) is 1. The molecule has 32 heavy (non-hydrogen) atoms. The Kier molecular flexibility index (Phi) is 6.53. The standard InChI is InChI=1S/C23H23ClN4O4/c1-15-4-2-5-16(12-15)14-27-22(30)20(21(29)25-13-19-6-3-11-32-19)26-28(23(27)31)18-9-7-17(24)8-10-18/h2,4-5,7-10,12,19H,3,6,11,13-14H2,1H3,(H,25,29)/t19-/m0/s1. The molecular formula is C23H23ClN4O4. The zero-order chi connectivity index (χ0) is 22.7. The number of rotatable bonds is 6. The Hall–Kier alpha value is -3.23. The van der Waals surface area contributed by atoms with E-state index in [-0.39, 0.29) is 24.9 Å². The van der Waals surface area contributed by atoms with E-state index in [1.54, 1.807) is 24.3 Å². The number of hydrogen-bond acceptors (Lipinski definition) is 5. The van der Waals surface area contributed by atoms with Crippen LogP contribution in [0.25, 0.3) is 5.69 Å². The summed E-state index contributed by atoms with van der Waals surface area (Å²) in [6, 6.07) is 13.9. The van der Waals surface area contributed by atoms with E-state index in [0.717, 1.165) is 33.2 Å². The van der Waals surface area contributed by atoms with Crippen LogP contribution in [0.3, 0.4) is 0 Å². The first-order valence-corrected chi connectivity index (χ1v) is 10.8. The molecule has 1 saturated heterocycles. The van der Waals surface area contributed by atoms with Crippen LogP contribution >= 0.6 is 11.6 Å². The van der Waals surface area contributed by atoms with E-state index >= 15 is 0 Å². The molecule has 0 spiro atoms. The highest BCUT2D eigenvalue weighted by molar-refractivity contribution is 6.30. The molecule has 0 bridgehead atoms. The minimum Gasteiger partial charge on any atom is -0.376 e. The Balaban J connectivity index is 1.76. The van der Waals surface area contributed by atoms with Gasteiger partial charge >= 0.3 is 5.69 Å². The van der Waals surface area contributed by atoms with Gasteiger partial charge in [0.15, 0.2) is 0 Å². The highest BCUT2D eigenvalue weighted by atomic mass is 35.5. The van der Waals surface area contributed by atoms with Crippen molar-refractivity contribution in [1.82, 2.24) is 19.7 Å². The molecule has 1 atom stereocenters. The van der Waals surface area contributed by atoms with Gasteiger partial charge in [-0.2, -0.15) is 9.78 Å². The van der Waals surface area contributed by atoms with E-state index in [4.69, 9.17) is 16.3 Å². The molecule has 0 radical (unpaired) electrons. The maximum atomic E-state index is 13.2. The molecule has 1 aromatic heterocycles. The third-order valence-corrected chi connectivity index (χ3v) is 5.54. The van der Waals surface area contributed by atoms with Gasteiger partial charge in [-0.15, -0.1) is 0 Å². The van der Waals surface area contributed by atoms with E-state index < -0.39 is 17.2 Å². The van der Waals surface area contributed by atoms with Gasteiger partial charge in [0.25, 0.3) is 11.5 Å². The number of benzene rings is 2. The first kappa shape index (κ1) is 22.0. The predicted molar refractivity (Wildman–Crippen MR) is 121 cm³/mol. The molecule has 1 N–H and O–H groups in total. The zero-order valence-electron chi connectivity index (χ0n) is 17.6. The summed E-state index contributed by atoms with van der Waals surface area (Å²) in [6.45, 7) is 2.87. The van der Waals surface area contributed by atoms with Crippen LogP contribution in [-0.4, -0.2) is 39.5 Å². The van der Waals surface area contributed by atoms with Crippen LogP contribution in [-0.2, 0) is 11.3 Å². The van der Waals surface area contributed by atoms with Crippen LogP contribution in [0, 0.1) is 6.92 Å². The number of carbonyl (C=O) groups is 1. The molecule has 2 heterocycles. The van der Waals surface area contributed by atoms with Gasteiger partial charge in [-0.3, -0.25) is 14.2 Å². The van der Waals surface area contributed by atoms with Crippen molar-refractivity contribution in [2.45, 2.75) is 32.4 Å². The second kappa shape index (κ2) is 9.50. The molecular weight excluding hydrogens is 432 g/mol. The smallest absolute Gasteiger partial charge is 0.352 e. The predicted octanol–water partition coefficient (Wildman–Crippen LogP) is 2.31. The zero-order valence-corrected chi connectivity index (χ0v) is 18.3. The fourth-order valence-electron chi connectivity index (χ4n) is 3.64. The van der Waals surface area contributed by atoms with Gasteiger partial charge in [-0.05, 0) is 49.6 Å². The minimum atomic E-state index is -0.744. The fourth-order valence-corrected chi connectivity index (χ4v) is 3.76.